The Labute approximate surface area is 139 Å². The average Bonchev–Trinajstić information content (AvgIpc) is 2.82. The summed E-state index contributed by atoms with van der Waals surface area (Å²) in [5.74, 6) is 0. The molecule has 1 atom stereocenters. The monoisotopic (exact) mass is 324 g/mol. The zero-order valence-electron chi connectivity index (χ0n) is 15.1. The number of nitrogens with zero attached hydrogens (tertiary/aromatic N) is 3. The van der Waals surface area contributed by atoms with Crippen molar-refractivity contribution >= 4 is 0 Å². The Balaban J connectivity index is 1.88. The standard InChI is InChI=1S/C17H32N4O2/c1-5-15-14(16(6-2)20(4)19-15)11-18-12-17(3,22)13-21-7-9-23-10-8-21/h18,22H,5-13H2,1-4H3. The maximum absolute atomic E-state index is 10.6. The zero-order valence-corrected chi connectivity index (χ0v) is 15.1. The van der Waals surface area contributed by atoms with Gasteiger partial charge in [-0.25, -0.2) is 0 Å². The van der Waals surface area contributed by atoms with Crippen molar-refractivity contribution in [3.63, 3.8) is 0 Å². The van der Waals surface area contributed by atoms with E-state index in [4.69, 9.17) is 4.74 Å². The summed E-state index contributed by atoms with van der Waals surface area (Å²) in [4.78, 5) is 2.27. The minimum absolute atomic E-state index is 0.575. The molecule has 2 N–H and O–H groups in total. The Bertz CT molecular complexity index is 493. The molecule has 0 bridgehead atoms. The van der Waals surface area contributed by atoms with E-state index in [-0.39, 0.29) is 0 Å². The van der Waals surface area contributed by atoms with E-state index in [9.17, 15) is 5.11 Å². The number of β-amino-alcohol motifs (C(OH)–C–C–N with tert-alkyl or cyclic N) is 1. The van der Waals surface area contributed by atoms with Gasteiger partial charge in [0.2, 0.25) is 0 Å². The Morgan fingerprint density at radius 3 is 2.57 bits per heavy atom. The molecule has 1 unspecified atom stereocenters. The first kappa shape index (κ1) is 18.4. The molecular formula is C17H32N4O2. The molecule has 1 saturated heterocycles. The molecule has 6 heteroatoms. The minimum atomic E-state index is -0.738. The van der Waals surface area contributed by atoms with E-state index < -0.39 is 5.60 Å². The maximum Gasteiger partial charge on any atom is 0.0869 e. The third-order valence-corrected chi connectivity index (χ3v) is 4.50. The third kappa shape index (κ3) is 5.01. The molecule has 1 fully saturated rings. The number of aromatic nitrogens is 2. The van der Waals surface area contributed by atoms with Gasteiger partial charge in [0.15, 0.2) is 0 Å². The van der Waals surface area contributed by atoms with Crippen LogP contribution in [0.1, 0.15) is 37.7 Å². The molecule has 1 aromatic rings. The first-order valence-electron chi connectivity index (χ1n) is 8.73. The van der Waals surface area contributed by atoms with Crippen molar-refractivity contribution in [3.8, 4) is 0 Å². The van der Waals surface area contributed by atoms with Crippen molar-refractivity contribution in [2.75, 3.05) is 39.4 Å². The van der Waals surface area contributed by atoms with Crippen LogP contribution in [0.2, 0.25) is 0 Å². The van der Waals surface area contributed by atoms with Gasteiger partial charge in [-0.1, -0.05) is 13.8 Å². The molecule has 132 valence electrons. The molecule has 0 aromatic carbocycles. The van der Waals surface area contributed by atoms with Gasteiger partial charge in [0.1, 0.15) is 0 Å². The van der Waals surface area contributed by atoms with Crippen molar-refractivity contribution in [1.82, 2.24) is 20.0 Å². The maximum atomic E-state index is 10.6. The van der Waals surface area contributed by atoms with Gasteiger partial charge in [-0.05, 0) is 19.8 Å². The summed E-state index contributed by atoms with van der Waals surface area (Å²) in [6, 6.07) is 0. The highest BCUT2D eigenvalue weighted by molar-refractivity contribution is 5.26. The van der Waals surface area contributed by atoms with Gasteiger partial charge in [0.25, 0.3) is 0 Å². The number of hydrogen-bond donors (Lipinski definition) is 2. The summed E-state index contributed by atoms with van der Waals surface area (Å²) in [7, 11) is 2.01. The lowest BCUT2D eigenvalue weighted by molar-refractivity contribution is -0.0219. The van der Waals surface area contributed by atoms with Crippen molar-refractivity contribution < 1.29 is 9.84 Å². The number of hydrogen-bond acceptors (Lipinski definition) is 5. The quantitative estimate of drug-likeness (QED) is 0.738. The number of nitrogens with one attached hydrogen (secondary N) is 1. The second-order valence-electron chi connectivity index (χ2n) is 6.69. The Morgan fingerprint density at radius 1 is 1.26 bits per heavy atom. The van der Waals surface area contributed by atoms with E-state index in [0.717, 1.165) is 51.4 Å². The van der Waals surface area contributed by atoms with Crippen LogP contribution < -0.4 is 5.32 Å². The lowest BCUT2D eigenvalue weighted by atomic mass is 10.1. The molecule has 1 aromatic heterocycles. The molecular weight excluding hydrogens is 292 g/mol. The highest BCUT2D eigenvalue weighted by Crippen LogP contribution is 2.16. The average molecular weight is 324 g/mol. The van der Waals surface area contributed by atoms with Crippen LogP contribution >= 0.6 is 0 Å². The summed E-state index contributed by atoms with van der Waals surface area (Å²) in [6.45, 7) is 11.5. The van der Waals surface area contributed by atoms with Gasteiger partial charge in [0.05, 0.1) is 24.5 Å². The number of rotatable bonds is 8. The predicted octanol–water partition coefficient (Wildman–Crippen LogP) is 0.718. The van der Waals surface area contributed by atoms with E-state index in [2.05, 4.69) is 29.2 Å². The van der Waals surface area contributed by atoms with Crippen molar-refractivity contribution in [2.24, 2.45) is 7.05 Å². The van der Waals surface area contributed by atoms with Crippen LogP contribution in [-0.2, 0) is 31.2 Å². The normalized spacial score (nSPS) is 19.0. The Hall–Kier alpha value is -0.950. The predicted molar refractivity (Wildman–Crippen MR) is 91.6 cm³/mol. The van der Waals surface area contributed by atoms with Gasteiger partial charge < -0.3 is 15.2 Å². The molecule has 23 heavy (non-hydrogen) atoms. The van der Waals surface area contributed by atoms with Crippen LogP contribution in [0, 0.1) is 0 Å². The smallest absolute Gasteiger partial charge is 0.0869 e. The number of aliphatic hydroxyl groups is 1. The van der Waals surface area contributed by atoms with Crippen molar-refractivity contribution in [3.05, 3.63) is 17.0 Å². The molecule has 2 heterocycles. The summed E-state index contributed by atoms with van der Waals surface area (Å²) < 4.78 is 7.35. The number of morpholine rings is 1. The summed E-state index contributed by atoms with van der Waals surface area (Å²) in [5.41, 5.74) is 2.99. The van der Waals surface area contributed by atoms with E-state index in [0.29, 0.717) is 13.1 Å². The molecule has 1 aliphatic rings. The van der Waals surface area contributed by atoms with E-state index in [1.807, 2.05) is 18.7 Å². The molecule has 0 saturated carbocycles. The van der Waals surface area contributed by atoms with Crippen molar-refractivity contribution in [1.29, 1.82) is 0 Å². The summed E-state index contributed by atoms with van der Waals surface area (Å²) in [5, 5.41) is 18.7. The van der Waals surface area contributed by atoms with Crippen molar-refractivity contribution in [2.45, 2.75) is 45.8 Å². The van der Waals surface area contributed by atoms with Gasteiger partial charge >= 0.3 is 0 Å². The SMILES string of the molecule is CCc1nn(C)c(CC)c1CNCC(C)(O)CN1CCOCC1. The summed E-state index contributed by atoms with van der Waals surface area (Å²) >= 11 is 0. The lowest BCUT2D eigenvalue weighted by Crippen LogP contribution is -2.50. The molecule has 0 amide bonds. The number of ether oxygens (including phenoxy) is 1. The minimum Gasteiger partial charge on any atom is -0.388 e. The van der Waals surface area contributed by atoms with Gasteiger partial charge in [-0.2, -0.15) is 5.10 Å². The highest BCUT2D eigenvalue weighted by atomic mass is 16.5. The largest absolute Gasteiger partial charge is 0.388 e. The van der Waals surface area contributed by atoms with Gasteiger partial charge in [-0.3, -0.25) is 9.58 Å². The zero-order chi connectivity index (χ0) is 16.9. The van der Waals surface area contributed by atoms with Crippen LogP contribution in [0.25, 0.3) is 0 Å². The van der Waals surface area contributed by atoms with Crippen LogP contribution in [0.3, 0.4) is 0 Å². The fourth-order valence-electron chi connectivity index (χ4n) is 3.35. The summed E-state index contributed by atoms with van der Waals surface area (Å²) in [6.07, 6.45) is 1.92. The fourth-order valence-corrected chi connectivity index (χ4v) is 3.35. The van der Waals surface area contributed by atoms with Gasteiger partial charge in [0, 0.05) is 51.0 Å². The Morgan fingerprint density at radius 2 is 1.96 bits per heavy atom. The molecule has 0 aliphatic carbocycles. The molecule has 1 aliphatic heterocycles. The van der Waals surface area contributed by atoms with Crippen LogP contribution in [0.4, 0.5) is 0 Å². The first-order valence-corrected chi connectivity index (χ1v) is 8.73. The van der Waals surface area contributed by atoms with Crippen LogP contribution in [0.15, 0.2) is 0 Å². The Kier molecular flexibility index (Phi) is 6.59. The van der Waals surface area contributed by atoms with Crippen LogP contribution in [0.5, 0.6) is 0 Å². The van der Waals surface area contributed by atoms with E-state index in [1.54, 1.807) is 0 Å². The molecule has 2 rings (SSSR count). The van der Waals surface area contributed by atoms with Gasteiger partial charge in [-0.15, -0.1) is 0 Å². The first-order chi connectivity index (χ1) is 11.0. The van der Waals surface area contributed by atoms with Crippen LogP contribution in [-0.4, -0.2) is 64.8 Å². The lowest BCUT2D eigenvalue weighted by Gasteiger charge is -2.34. The molecule has 0 spiro atoms. The molecule has 6 nitrogen and oxygen atoms in total. The topological polar surface area (TPSA) is 62.5 Å². The molecule has 0 radical (unpaired) electrons. The fraction of sp³-hybridized carbons (Fsp3) is 0.824. The second kappa shape index (κ2) is 8.24. The van der Waals surface area contributed by atoms with E-state index >= 15 is 0 Å². The van der Waals surface area contributed by atoms with E-state index in [1.165, 1.54) is 11.3 Å². The highest BCUT2D eigenvalue weighted by Gasteiger charge is 2.25. The number of aryl methyl sites for hydroxylation is 2. The third-order valence-electron chi connectivity index (χ3n) is 4.50. The second-order valence-corrected chi connectivity index (χ2v) is 6.69.